The van der Waals surface area contributed by atoms with Crippen LogP contribution in [0.2, 0.25) is 0 Å². The summed E-state index contributed by atoms with van der Waals surface area (Å²) >= 11 is 1.62. The van der Waals surface area contributed by atoms with E-state index in [0.717, 1.165) is 10.4 Å². The molecule has 0 unspecified atom stereocenters. The van der Waals surface area contributed by atoms with E-state index >= 15 is 0 Å². The molecule has 2 aromatic rings. The number of fused-ring (bicyclic) bond motifs is 1. The minimum absolute atomic E-state index is 0.122. The Morgan fingerprint density at radius 1 is 1.31 bits per heavy atom. The molecule has 0 bridgehead atoms. The largest absolute Gasteiger partial charge is 0.391 e. The Bertz CT molecular complexity index is 420. The first kappa shape index (κ1) is 8.69. The average Bonchev–Trinajstić information content (AvgIpc) is 2.58. The first-order chi connectivity index (χ1) is 6.33. The summed E-state index contributed by atoms with van der Waals surface area (Å²) in [6.07, 6.45) is 0. The van der Waals surface area contributed by atoms with Gasteiger partial charge in [0.1, 0.15) is 0 Å². The molecule has 0 radical (unpaired) electrons. The predicted octanol–water partition coefficient (Wildman–Crippen LogP) is 1.85. The van der Waals surface area contributed by atoms with Gasteiger partial charge >= 0.3 is 0 Å². The zero-order chi connectivity index (χ0) is 9.26. The third-order valence-electron chi connectivity index (χ3n) is 2.03. The normalized spacial score (nSPS) is 10.9. The van der Waals surface area contributed by atoms with Crippen LogP contribution < -0.4 is 5.73 Å². The third-order valence-corrected chi connectivity index (χ3v) is 3.11. The summed E-state index contributed by atoms with van der Waals surface area (Å²) in [4.78, 5) is 1.00. The van der Waals surface area contributed by atoms with E-state index in [1.54, 1.807) is 11.3 Å². The van der Waals surface area contributed by atoms with E-state index in [9.17, 15) is 0 Å². The van der Waals surface area contributed by atoms with E-state index in [0.29, 0.717) is 6.54 Å². The molecule has 0 aliphatic heterocycles. The second-order valence-corrected chi connectivity index (χ2v) is 4.12. The number of thiophene rings is 1. The van der Waals surface area contributed by atoms with Gasteiger partial charge in [-0.2, -0.15) is 0 Å². The van der Waals surface area contributed by atoms with E-state index in [1.807, 2.05) is 18.2 Å². The van der Waals surface area contributed by atoms with Crippen LogP contribution in [0.5, 0.6) is 0 Å². The molecule has 1 aromatic heterocycles. The van der Waals surface area contributed by atoms with Crippen LogP contribution in [0, 0.1) is 0 Å². The van der Waals surface area contributed by atoms with Gasteiger partial charge in [-0.15, -0.1) is 11.3 Å². The summed E-state index contributed by atoms with van der Waals surface area (Å²) in [5, 5.41) is 10.1. The fourth-order valence-electron chi connectivity index (χ4n) is 1.34. The van der Waals surface area contributed by atoms with E-state index in [-0.39, 0.29) is 6.61 Å². The molecular formula is C10H11NOS. The smallest absolute Gasteiger partial charge is 0.0774 e. The summed E-state index contributed by atoms with van der Waals surface area (Å²) in [6.45, 7) is 0.694. The molecule has 0 saturated heterocycles. The van der Waals surface area contributed by atoms with Gasteiger partial charge in [-0.05, 0) is 23.1 Å². The second-order valence-electron chi connectivity index (χ2n) is 2.95. The van der Waals surface area contributed by atoms with Gasteiger partial charge in [0.15, 0.2) is 0 Å². The maximum absolute atomic E-state index is 8.95. The fourth-order valence-corrected chi connectivity index (χ4v) is 2.32. The molecule has 0 aliphatic rings. The van der Waals surface area contributed by atoms with Crippen LogP contribution in [-0.4, -0.2) is 5.11 Å². The van der Waals surface area contributed by atoms with E-state index in [4.69, 9.17) is 10.8 Å². The Balaban J connectivity index is 2.57. The van der Waals surface area contributed by atoms with Crippen LogP contribution in [0.4, 0.5) is 0 Å². The predicted molar refractivity (Wildman–Crippen MR) is 55.6 cm³/mol. The molecule has 0 fully saturated rings. The summed E-state index contributed by atoms with van der Waals surface area (Å²) in [5.74, 6) is 0. The van der Waals surface area contributed by atoms with Gasteiger partial charge < -0.3 is 10.8 Å². The molecule has 0 spiro atoms. The van der Waals surface area contributed by atoms with Gasteiger partial charge in [0.05, 0.1) is 6.61 Å². The zero-order valence-corrected chi connectivity index (χ0v) is 7.97. The van der Waals surface area contributed by atoms with Gasteiger partial charge in [0.25, 0.3) is 0 Å². The Kier molecular flexibility index (Phi) is 2.31. The highest BCUT2D eigenvalue weighted by atomic mass is 32.1. The van der Waals surface area contributed by atoms with Gasteiger partial charge in [-0.1, -0.05) is 12.1 Å². The van der Waals surface area contributed by atoms with Crippen molar-refractivity contribution in [2.45, 2.75) is 13.2 Å². The summed E-state index contributed by atoms with van der Waals surface area (Å²) < 4.78 is 1.20. The summed E-state index contributed by atoms with van der Waals surface area (Å²) in [7, 11) is 0. The molecule has 3 heteroatoms. The first-order valence-electron chi connectivity index (χ1n) is 4.16. The molecule has 0 atom stereocenters. The number of rotatable bonds is 2. The van der Waals surface area contributed by atoms with E-state index < -0.39 is 0 Å². The Morgan fingerprint density at radius 2 is 2.15 bits per heavy atom. The highest BCUT2D eigenvalue weighted by molar-refractivity contribution is 7.19. The number of aliphatic hydroxyl groups is 1. The average molecular weight is 193 g/mol. The van der Waals surface area contributed by atoms with Gasteiger partial charge in [0.2, 0.25) is 0 Å². The van der Waals surface area contributed by atoms with E-state index in [2.05, 4.69) is 6.07 Å². The Morgan fingerprint density at radius 3 is 2.85 bits per heavy atom. The van der Waals surface area contributed by atoms with Crippen molar-refractivity contribution < 1.29 is 5.11 Å². The third kappa shape index (κ3) is 1.58. The van der Waals surface area contributed by atoms with Crippen molar-refractivity contribution in [3.63, 3.8) is 0 Å². The van der Waals surface area contributed by atoms with Crippen molar-refractivity contribution in [1.82, 2.24) is 0 Å². The maximum Gasteiger partial charge on any atom is 0.0774 e. The van der Waals surface area contributed by atoms with Crippen LogP contribution >= 0.6 is 11.3 Å². The second kappa shape index (κ2) is 3.46. The summed E-state index contributed by atoms with van der Waals surface area (Å²) in [6, 6.07) is 8.17. The minimum atomic E-state index is 0.122. The lowest BCUT2D eigenvalue weighted by atomic mass is 10.2. The number of hydrogen-bond donors (Lipinski definition) is 2. The topological polar surface area (TPSA) is 46.2 Å². The highest BCUT2D eigenvalue weighted by Gasteiger charge is 2.00. The lowest BCUT2D eigenvalue weighted by Gasteiger charge is -1.94. The molecule has 68 valence electrons. The molecule has 13 heavy (non-hydrogen) atoms. The molecule has 2 nitrogen and oxygen atoms in total. The maximum atomic E-state index is 8.95. The van der Waals surface area contributed by atoms with Crippen molar-refractivity contribution >= 4 is 21.4 Å². The molecule has 3 N–H and O–H groups in total. The van der Waals surface area contributed by atoms with Crippen LogP contribution in [-0.2, 0) is 13.2 Å². The lowest BCUT2D eigenvalue weighted by Crippen LogP contribution is -1.94. The quantitative estimate of drug-likeness (QED) is 0.764. The Labute approximate surface area is 80.6 Å². The van der Waals surface area contributed by atoms with Crippen molar-refractivity contribution in [3.8, 4) is 0 Å². The van der Waals surface area contributed by atoms with E-state index in [1.165, 1.54) is 10.1 Å². The molecule has 1 aromatic carbocycles. The van der Waals surface area contributed by atoms with Crippen LogP contribution in [0.1, 0.15) is 10.4 Å². The molecule has 1 heterocycles. The van der Waals surface area contributed by atoms with Crippen molar-refractivity contribution in [3.05, 3.63) is 34.7 Å². The first-order valence-corrected chi connectivity index (χ1v) is 4.97. The van der Waals surface area contributed by atoms with Gasteiger partial charge in [-0.25, -0.2) is 0 Å². The summed E-state index contributed by atoms with van der Waals surface area (Å²) in [5.41, 5.74) is 6.67. The van der Waals surface area contributed by atoms with Gasteiger partial charge in [0, 0.05) is 16.1 Å². The van der Waals surface area contributed by atoms with Crippen LogP contribution in [0.3, 0.4) is 0 Å². The van der Waals surface area contributed by atoms with Crippen molar-refractivity contribution in [2.24, 2.45) is 5.73 Å². The SMILES string of the molecule is NCc1ccc2cc(CO)sc2c1. The van der Waals surface area contributed by atoms with Crippen LogP contribution in [0.25, 0.3) is 10.1 Å². The standard InChI is InChI=1S/C10H11NOS/c11-5-7-1-2-8-4-9(6-12)13-10(8)3-7/h1-4,12H,5-6,11H2. The van der Waals surface area contributed by atoms with Crippen molar-refractivity contribution in [1.29, 1.82) is 0 Å². The molecule has 2 rings (SSSR count). The number of aliphatic hydroxyl groups excluding tert-OH is 1. The zero-order valence-electron chi connectivity index (χ0n) is 7.16. The fraction of sp³-hybridized carbons (Fsp3) is 0.200. The minimum Gasteiger partial charge on any atom is -0.391 e. The number of benzene rings is 1. The van der Waals surface area contributed by atoms with Gasteiger partial charge in [-0.3, -0.25) is 0 Å². The molecule has 0 aliphatic carbocycles. The monoisotopic (exact) mass is 193 g/mol. The van der Waals surface area contributed by atoms with Crippen molar-refractivity contribution in [2.75, 3.05) is 0 Å². The number of hydrogen-bond acceptors (Lipinski definition) is 3. The molecular weight excluding hydrogens is 182 g/mol. The molecule has 0 saturated carbocycles. The highest BCUT2D eigenvalue weighted by Crippen LogP contribution is 2.26. The molecule has 0 amide bonds. The lowest BCUT2D eigenvalue weighted by molar-refractivity contribution is 0.285. The number of nitrogens with two attached hydrogens (primary N) is 1. The Hall–Kier alpha value is -0.900. The van der Waals surface area contributed by atoms with Crippen LogP contribution in [0.15, 0.2) is 24.3 Å².